The van der Waals surface area contributed by atoms with Crippen molar-refractivity contribution in [2.24, 2.45) is 0 Å². The Labute approximate surface area is 119 Å². The van der Waals surface area contributed by atoms with Crippen LogP contribution in [0.5, 0.6) is 0 Å². The zero-order valence-electron chi connectivity index (χ0n) is 12.5. The number of rotatable bonds is 8. The Hall–Kier alpha value is 0.0569. The molecule has 2 fully saturated rings. The van der Waals surface area contributed by atoms with Gasteiger partial charge in [0.15, 0.2) is 9.76 Å². The normalized spacial score (nSPS) is 28.4. The monoisotopic (exact) mass is 287 g/mol. The zero-order chi connectivity index (χ0) is 13.5. The van der Waals surface area contributed by atoms with E-state index in [9.17, 15) is 0 Å². The van der Waals surface area contributed by atoms with Crippen LogP contribution in [0.4, 0.5) is 0 Å². The standard InChI is InChI=1S/C14H29NO3Si/c1-12(2)18-19-11-5-8-15(13-6-3-9-16-13)14-7-4-10-17-14/h12-14H,3-11,19H2,1-2H3. The van der Waals surface area contributed by atoms with E-state index in [1.807, 2.05) is 0 Å². The van der Waals surface area contributed by atoms with E-state index >= 15 is 0 Å². The van der Waals surface area contributed by atoms with Crippen LogP contribution in [0.25, 0.3) is 0 Å². The van der Waals surface area contributed by atoms with Gasteiger partial charge in [-0.3, -0.25) is 4.90 Å². The molecule has 2 heterocycles. The molecule has 0 bridgehead atoms. The van der Waals surface area contributed by atoms with E-state index in [1.165, 1.54) is 38.1 Å². The summed E-state index contributed by atoms with van der Waals surface area (Å²) in [4.78, 5) is 2.46. The average Bonchev–Trinajstić information content (AvgIpc) is 3.06. The summed E-state index contributed by atoms with van der Waals surface area (Å²) in [6, 6.07) is 1.26. The minimum Gasteiger partial charge on any atom is -0.422 e. The molecule has 112 valence electrons. The number of hydrogen-bond donors (Lipinski definition) is 0. The first-order valence-electron chi connectivity index (χ1n) is 7.88. The summed E-state index contributed by atoms with van der Waals surface area (Å²) in [5, 5.41) is 0. The molecule has 0 amide bonds. The van der Waals surface area contributed by atoms with Crippen molar-refractivity contribution in [1.29, 1.82) is 0 Å². The molecule has 4 nitrogen and oxygen atoms in total. The summed E-state index contributed by atoms with van der Waals surface area (Å²) < 4.78 is 17.4. The fraction of sp³-hybridized carbons (Fsp3) is 1.00. The predicted molar refractivity (Wildman–Crippen MR) is 78.8 cm³/mol. The summed E-state index contributed by atoms with van der Waals surface area (Å²) in [5.41, 5.74) is 0. The van der Waals surface area contributed by atoms with Crippen LogP contribution in [0, 0.1) is 0 Å². The lowest BCUT2D eigenvalue weighted by molar-refractivity contribution is -0.116. The van der Waals surface area contributed by atoms with E-state index in [0.717, 1.165) is 19.8 Å². The van der Waals surface area contributed by atoms with Crippen molar-refractivity contribution in [1.82, 2.24) is 4.90 Å². The van der Waals surface area contributed by atoms with Gasteiger partial charge in [-0.05, 0) is 52.0 Å². The second-order valence-electron chi connectivity index (χ2n) is 5.80. The Morgan fingerprint density at radius 3 is 2.26 bits per heavy atom. The van der Waals surface area contributed by atoms with Crippen molar-refractivity contribution in [3.8, 4) is 0 Å². The van der Waals surface area contributed by atoms with Crippen molar-refractivity contribution in [3.63, 3.8) is 0 Å². The van der Waals surface area contributed by atoms with Gasteiger partial charge in [-0.25, -0.2) is 0 Å². The minimum absolute atomic E-state index is 0.302. The molecular weight excluding hydrogens is 258 g/mol. The number of hydrogen-bond acceptors (Lipinski definition) is 4. The first-order valence-corrected chi connectivity index (χ1v) is 9.45. The van der Waals surface area contributed by atoms with Gasteiger partial charge in [0, 0.05) is 25.9 Å². The van der Waals surface area contributed by atoms with E-state index in [4.69, 9.17) is 13.9 Å². The zero-order valence-corrected chi connectivity index (χ0v) is 13.9. The molecule has 2 aliphatic rings. The number of nitrogens with zero attached hydrogens (tertiary/aromatic N) is 1. The molecular formula is C14H29NO3Si. The van der Waals surface area contributed by atoms with E-state index in [1.54, 1.807) is 0 Å². The van der Waals surface area contributed by atoms with Crippen LogP contribution in [0.1, 0.15) is 46.0 Å². The molecule has 0 aromatic heterocycles. The van der Waals surface area contributed by atoms with Crippen LogP contribution in [-0.2, 0) is 13.9 Å². The molecule has 2 aliphatic heterocycles. The molecule has 0 aliphatic carbocycles. The van der Waals surface area contributed by atoms with Gasteiger partial charge in [0.25, 0.3) is 0 Å². The summed E-state index contributed by atoms with van der Waals surface area (Å²) in [5.74, 6) is 0. The second kappa shape index (κ2) is 8.37. The molecule has 2 saturated heterocycles. The summed E-state index contributed by atoms with van der Waals surface area (Å²) >= 11 is 0. The van der Waals surface area contributed by atoms with E-state index in [-0.39, 0.29) is 9.76 Å². The highest BCUT2D eigenvalue weighted by molar-refractivity contribution is 6.27. The third kappa shape index (κ3) is 5.15. The van der Waals surface area contributed by atoms with Crippen LogP contribution < -0.4 is 0 Å². The van der Waals surface area contributed by atoms with Crippen molar-refractivity contribution < 1.29 is 13.9 Å². The summed E-state index contributed by atoms with van der Waals surface area (Å²) in [6.07, 6.45) is 6.95. The van der Waals surface area contributed by atoms with Gasteiger partial charge < -0.3 is 13.9 Å². The van der Waals surface area contributed by atoms with Gasteiger partial charge >= 0.3 is 0 Å². The summed E-state index contributed by atoms with van der Waals surface area (Å²) in [7, 11) is -0.330. The van der Waals surface area contributed by atoms with E-state index in [0.29, 0.717) is 18.6 Å². The minimum atomic E-state index is -0.330. The molecule has 0 aromatic rings. The molecule has 5 heteroatoms. The van der Waals surface area contributed by atoms with Gasteiger partial charge in [0.05, 0.1) is 0 Å². The average molecular weight is 287 g/mol. The molecule has 0 saturated carbocycles. The highest BCUT2D eigenvalue weighted by Gasteiger charge is 2.31. The molecule has 0 aromatic carbocycles. The highest BCUT2D eigenvalue weighted by atomic mass is 28.2. The lowest BCUT2D eigenvalue weighted by Crippen LogP contribution is -2.43. The maximum atomic E-state index is 5.85. The maximum absolute atomic E-state index is 5.85. The van der Waals surface area contributed by atoms with E-state index in [2.05, 4.69) is 18.7 Å². The smallest absolute Gasteiger partial charge is 0.161 e. The van der Waals surface area contributed by atoms with Gasteiger partial charge in [-0.15, -0.1) is 0 Å². The van der Waals surface area contributed by atoms with Crippen molar-refractivity contribution in [2.75, 3.05) is 19.8 Å². The van der Waals surface area contributed by atoms with Gasteiger partial charge in [-0.1, -0.05) is 0 Å². The highest BCUT2D eigenvalue weighted by Crippen LogP contribution is 2.25. The first kappa shape index (κ1) is 15.4. The van der Waals surface area contributed by atoms with Crippen molar-refractivity contribution in [3.05, 3.63) is 0 Å². The molecule has 0 radical (unpaired) electrons. The quantitative estimate of drug-likeness (QED) is 0.504. The Bertz CT molecular complexity index is 225. The molecule has 2 rings (SSSR count). The fourth-order valence-electron chi connectivity index (χ4n) is 2.83. The topological polar surface area (TPSA) is 30.9 Å². The largest absolute Gasteiger partial charge is 0.422 e. The summed E-state index contributed by atoms with van der Waals surface area (Å²) in [6.45, 7) is 7.18. The van der Waals surface area contributed by atoms with Crippen molar-refractivity contribution >= 4 is 9.76 Å². The Kier molecular flexibility index (Phi) is 6.80. The van der Waals surface area contributed by atoms with Crippen LogP contribution in [0.3, 0.4) is 0 Å². The Balaban J connectivity index is 1.70. The van der Waals surface area contributed by atoms with Gasteiger partial charge in [-0.2, -0.15) is 0 Å². The Morgan fingerprint density at radius 1 is 1.16 bits per heavy atom. The third-order valence-corrected chi connectivity index (χ3v) is 5.50. The van der Waals surface area contributed by atoms with Gasteiger partial charge in [0.1, 0.15) is 12.5 Å². The lowest BCUT2D eigenvalue weighted by atomic mass is 10.2. The fourth-order valence-corrected chi connectivity index (χ4v) is 3.90. The molecule has 2 unspecified atom stereocenters. The lowest BCUT2D eigenvalue weighted by Gasteiger charge is -2.32. The molecule has 2 atom stereocenters. The number of ether oxygens (including phenoxy) is 2. The molecule has 0 spiro atoms. The maximum Gasteiger partial charge on any atom is 0.161 e. The third-order valence-electron chi connectivity index (χ3n) is 3.81. The van der Waals surface area contributed by atoms with Crippen LogP contribution >= 0.6 is 0 Å². The second-order valence-corrected chi connectivity index (χ2v) is 7.25. The predicted octanol–water partition coefficient (Wildman–Crippen LogP) is 1.88. The van der Waals surface area contributed by atoms with Crippen LogP contribution in [-0.4, -0.2) is 53.0 Å². The first-order chi connectivity index (χ1) is 9.27. The molecule has 19 heavy (non-hydrogen) atoms. The SMILES string of the molecule is CC(C)O[SiH2]CCCN(C1CCCO1)C1CCCO1. The van der Waals surface area contributed by atoms with E-state index < -0.39 is 0 Å². The van der Waals surface area contributed by atoms with Crippen molar-refractivity contribution in [2.45, 2.75) is 70.6 Å². The van der Waals surface area contributed by atoms with Gasteiger partial charge in [0.2, 0.25) is 0 Å². The van der Waals surface area contributed by atoms with Crippen LogP contribution in [0.2, 0.25) is 6.04 Å². The molecule has 0 N–H and O–H groups in total. The Morgan fingerprint density at radius 2 is 1.79 bits per heavy atom. The van der Waals surface area contributed by atoms with Crippen LogP contribution in [0.15, 0.2) is 0 Å².